The topological polar surface area (TPSA) is 69.4 Å². The molecule has 2 heterocycles. The molecule has 3 rings (SSSR count). The number of nitrogens with one attached hydrogen (secondary N) is 1. The summed E-state index contributed by atoms with van der Waals surface area (Å²) >= 11 is 5.94. The Morgan fingerprint density at radius 2 is 2.35 bits per heavy atom. The molecule has 6 nitrogen and oxygen atoms in total. The Labute approximate surface area is 121 Å². The number of halogens is 1. The zero-order chi connectivity index (χ0) is 13.9. The van der Waals surface area contributed by atoms with Gasteiger partial charge < -0.3 is 19.3 Å². The molecule has 2 aromatic rings. The molecule has 0 bridgehead atoms. The molecule has 1 aromatic carbocycles. The monoisotopic (exact) mass is 295 g/mol. The van der Waals surface area contributed by atoms with Crippen molar-refractivity contribution in [2.75, 3.05) is 26.8 Å². The predicted molar refractivity (Wildman–Crippen MR) is 72.9 cm³/mol. The Morgan fingerprint density at radius 3 is 3.10 bits per heavy atom. The summed E-state index contributed by atoms with van der Waals surface area (Å²) in [5.74, 6) is 1.52. The van der Waals surface area contributed by atoms with E-state index in [4.69, 9.17) is 25.6 Å². The van der Waals surface area contributed by atoms with Crippen molar-refractivity contribution in [3.05, 3.63) is 29.0 Å². The van der Waals surface area contributed by atoms with E-state index in [2.05, 4.69) is 15.5 Å². The second-order valence-electron chi connectivity index (χ2n) is 4.37. The quantitative estimate of drug-likeness (QED) is 0.935. The van der Waals surface area contributed by atoms with Gasteiger partial charge in [-0.05, 0) is 18.2 Å². The molecule has 0 aliphatic carbocycles. The molecule has 7 heteroatoms. The molecule has 106 valence electrons. The lowest BCUT2D eigenvalue weighted by Crippen LogP contribution is -2.33. The van der Waals surface area contributed by atoms with Crippen LogP contribution in [0.5, 0.6) is 5.75 Å². The van der Waals surface area contributed by atoms with Crippen LogP contribution in [0.25, 0.3) is 11.5 Å². The van der Waals surface area contributed by atoms with Crippen molar-refractivity contribution in [2.45, 2.75) is 6.10 Å². The van der Waals surface area contributed by atoms with Crippen LogP contribution in [0.1, 0.15) is 11.9 Å². The number of nitrogens with zero attached hydrogens (tertiary/aromatic N) is 2. The van der Waals surface area contributed by atoms with E-state index in [1.54, 1.807) is 25.3 Å². The summed E-state index contributed by atoms with van der Waals surface area (Å²) in [6.07, 6.45) is -0.181. The normalized spacial score (nSPS) is 19.0. The van der Waals surface area contributed by atoms with Crippen molar-refractivity contribution in [3.63, 3.8) is 0 Å². The van der Waals surface area contributed by atoms with Crippen LogP contribution in [0, 0.1) is 0 Å². The van der Waals surface area contributed by atoms with Gasteiger partial charge >= 0.3 is 0 Å². The summed E-state index contributed by atoms with van der Waals surface area (Å²) in [6.45, 7) is 2.15. The minimum Gasteiger partial charge on any atom is -0.496 e. The number of ether oxygens (including phenoxy) is 2. The van der Waals surface area contributed by atoms with Gasteiger partial charge in [-0.25, -0.2) is 0 Å². The van der Waals surface area contributed by atoms with Gasteiger partial charge in [0.2, 0.25) is 5.82 Å². The molecule has 0 saturated carbocycles. The molecule has 1 aliphatic rings. The van der Waals surface area contributed by atoms with Gasteiger partial charge in [-0.3, -0.25) is 0 Å². The van der Waals surface area contributed by atoms with Crippen molar-refractivity contribution < 1.29 is 14.0 Å². The highest BCUT2D eigenvalue weighted by Gasteiger charge is 2.23. The van der Waals surface area contributed by atoms with Crippen molar-refractivity contribution in [1.82, 2.24) is 15.5 Å². The predicted octanol–water partition coefficient (Wildman–Crippen LogP) is 2.06. The number of methoxy groups -OCH3 is 1. The fourth-order valence-electron chi connectivity index (χ4n) is 2.05. The highest BCUT2D eigenvalue weighted by atomic mass is 35.5. The highest BCUT2D eigenvalue weighted by Crippen LogP contribution is 2.32. The van der Waals surface area contributed by atoms with Gasteiger partial charge in [0.1, 0.15) is 11.9 Å². The van der Waals surface area contributed by atoms with Crippen molar-refractivity contribution in [3.8, 4) is 17.2 Å². The van der Waals surface area contributed by atoms with E-state index < -0.39 is 0 Å². The Hall–Kier alpha value is -1.63. The van der Waals surface area contributed by atoms with E-state index in [1.807, 2.05) is 0 Å². The zero-order valence-corrected chi connectivity index (χ0v) is 11.7. The third-order valence-corrected chi connectivity index (χ3v) is 3.29. The third-order valence-electron chi connectivity index (χ3n) is 3.05. The summed E-state index contributed by atoms with van der Waals surface area (Å²) in [5, 5.41) is 7.79. The maximum atomic E-state index is 5.94. The van der Waals surface area contributed by atoms with Crippen LogP contribution in [0.4, 0.5) is 0 Å². The second kappa shape index (κ2) is 5.78. The molecular formula is C13H14ClN3O3. The smallest absolute Gasteiger partial charge is 0.261 e. The lowest BCUT2D eigenvalue weighted by Gasteiger charge is -2.20. The van der Waals surface area contributed by atoms with Gasteiger partial charge in [0.25, 0.3) is 5.89 Å². The lowest BCUT2D eigenvalue weighted by atomic mass is 10.2. The molecule has 1 fully saturated rings. The molecule has 0 radical (unpaired) electrons. The van der Waals surface area contributed by atoms with E-state index in [0.29, 0.717) is 41.2 Å². The maximum absolute atomic E-state index is 5.94. The molecule has 1 aliphatic heterocycles. The molecule has 20 heavy (non-hydrogen) atoms. The Bertz CT molecular complexity index is 596. The number of hydrogen-bond donors (Lipinski definition) is 1. The van der Waals surface area contributed by atoms with Gasteiger partial charge in [0.05, 0.1) is 19.3 Å². The average Bonchev–Trinajstić information content (AvgIpc) is 2.97. The summed E-state index contributed by atoms with van der Waals surface area (Å²) in [5.41, 5.74) is 0.708. The average molecular weight is 296 g/mol. The van der Waals surface area contributed by atoms with Crippen LogP contribution in [-0.4, -0.2) is 36.9 Å². The van der Waals surface area contributed by atoms with E-state index in [0.717, 1.165) is 6.54 Å². The molecular weight excluding hydrogens is 282 g/mol. The van der Waals surface area contributed by atoms with Crippen molar-refractivity contribution >= 4 is 11.6 Å². The van der Waals surface area contributed by atoms with Crippen molar-refractivity contribution in [1.29, 1.82) is 0 Å². The molecule has 1 N–H and O–H groups in total. The minimum absolute atomic E-state index is 0.181. The summed E-state index contributed by atoms with van der Waals surface area (Å²) in [7, 11) is 1.57. The van der Waals surface area contributed by atoms with E-state index in [-0.39, 0.29) is 6.10 Å². The molecule has 1 aromatic heterocycles. The van der Waals surface area contributed by atoms with Gasteiger partial charge in [0.15, 0.2) is 0 Å². The zero-order valence-electron chi connectivity index (χ0n) is 10.9. The minimum atomic E-state index is -0.181. The first-order valence-corrected chi connectivity index (χ1v) is 6.65. The summed E-state index contributed by atoms with van der Waals surface area (Å²) in [4.78, 5) is 4.38. The number of benzene rings is 1. The molecule has 0 amide bonds. The van der Waals surface area contributed by atoms with Crippen LogP contribution >= 0.6 is 11.6 Å². The Morgan fingerprint density at radius 1 is 1.45 bits per heavy atom. The molecule has 1 saturated heterocycles. The summed E-state index contributed by atoms with van der Waals surface area (Å²) in [6, 6.07) is 5.25. The van der Waals surface area contributed by atoms with Gasteiger partial charge in [-0.1, -0.05) is 16.8 Å². The number of hydrogen-bond acceptors (Lipinski definition) is 6. The van der Waals surface area contributed by atoms with Crippen LogP contribution in [0.2, 0.25) is 5.02 Å². The lowest BCUT2D eigenvalue weighted by molar-refractivity contribution is 0.0208. The highest BCUT2D eigenvalue weighted by molar-refractivity contribution is 6.30. The standard InChI is InChI=1S/C13H14ClN3O3/c1-18-10-6-8(14)2-3-9(10)13-16-12(17-20-13)11-7-15-4-5-19-11/h2-3,6,11,15H,4-5,7H2,1H3. The molecule has 0 spiro atoms. The third kappa shape index (κ3) is 2.63. The number of aromatic nitrogens is 2. The first-order chi connectivity index (χ1) is 9.78. The van der Waals surface area contributed by atoms with Crippen LogP contribution in [0.15, 0.2) is 22.7 Å². The fourth-order valence-corrected chi connectivity index (χ4v) is 2.21. The van der Waals surface area contributed by atoms with Crippen molar-refractivity contribution in [2.24, 2.45) is 0 Å². The first kappa shape index (κ1) is 13.4. The Balaban J connectivity index is 1.89. The van der Waals surface area contributed by atoms with E-state index >= 15 is 0 Å². The fraction of sp³-hybridized carbons (Fsp3) is 0.385. The number of morpholine rings is 1. The molecule has 1 unspecified atom stereocenters. The molecule has 1 atom stereocenters. The largest absolute Gasteiger partial charge is 0.496 e. The van der Waals surface area contributed by atoms with Crippen LogP contribution in [0.3, 0.4) is 0 Å². The van der Waals surface area contributed by atoms with Crippen LogP contribution < -0.4 is 10.1 Å². The maximum Gasteiger partial charge on any atom is 0.261 e. The van der Waals surface area contributed by atoms with E-state index in [9.17, 15) is 0 Å². The Kier molecular flexibility index (Phi) is 3.86. The van der Waals surface area contributed by atoms with Gasteiger partial charge in [0, 0.05) is 18.1 Å². The first-order valence-electron chi connectivity index (χ1n) is 6.28. The number of rotatable bonds is 3. The van der Waals surface area contributed by atoms with Gasteiger partial charge in [-0.15, -0.1) is 0 Å². The summed E-state index contributed by atoms with van der Waals surface area (Å²) < 4.78 is 16.2. The second-order valence-corrected chi connectivity index (χ2v) is 4.80. The van der Waals surface area contributed by atoms with Crippen LogP contribution in [-0.2, 0) is 4.74 Å². The van der Waals surface area contributed by atoms with E-state index in [1.165, 1.54) is 0 Å². The SMILES string of the molecule is COc1cc(Cl)ccc1-c1nc(C2CNCCO2)no1. The van der Waals surface area contributed by atoms with Gasteiger partial charge in [-0.2, -0.15) is 4.98 Å².